The van der Waals surface area contributed by atoms with E-state index in [0.717, 1.165) is 22.0 Å². The van der Waals surface area contributed by atoms with E-state index in [-0.39, 0.29) is 6.04 Å². The second kappa shape index (κ2) is 8.48. The van der Waals surface area contributed by atoms with Crippen molar-refractivity contribution in [1.29, 1.82) is 0 Å². The first kappa shape index (κ1) is 19.8. The predicted octanol–water partition coefficient (Wildman–Crippen LogP) is 3.22. The Morgan fingerprint density at radius 3 is 2.40 bits per heavy atom. The van der Waals surface area contributed by atoms with E-state index in [9.17, 15) is 9.59 Å². The highest BCUT2D eigenvalue weighted by molar-refractivity contribution is 6.31. The van der Waals surface area contributed by atoms with Crippen molar-refractivity contribution in [3.8, 4) is 5.69 Å². The number of aromatic nitrogens is 5. The average Bonchev–Trinajstić information content (AvgIpc) is 2.74. The molecule has 0 bridgehead atoms. The van der Waals surface area contributed by atoms with Gasteiger partial charge in [0.2, 0.25) is 5.95 Å². The van der Waals surface area contributed by atoms with Gasteiger partial charge in [0.15, 0.2) is 0 Å². The molecule has 8 nitrogen and oxygen atoms in total. The van der Waals surface area contributed by atoms with Crippen molar-refractivity contribution in [2.24, 2.45) is 0 Å². The first-order chi connectivity index (χ1) is 14.5. The van der Waals surface area contributed by atoms with E-state index in [2.05, 4.69) is 25.4 Å². The standard InChI is InChI=1S/C20H14Cl2N6O2/c21-13-4-2-12(3-5-13)18(27-19-23-8-1-9-24-19)15-7-6-14(10-16(15)22)28-20(30)26-17(29)11-25-28/h1-11,18H,(H,23,24,27)(H,26,29,30). The molecule has 1 unspecified atom stereocenters. The maximum absolute atomic E-state index is 12.0. The van der Waals surface area contributed by atoms with Crippen LogP contribution >= 0.6 is 23.2 Å². The molecule has 2 heterocycles. The largest absolute Gasteiger partial charge is 0.349 e. The summed E-state index contributed by atoms with van der Waals surface area (Å²) in [5.74, 6) is 0.427. The molecule has 0 aliphatic carbocycles. The summed E-state index contributed by atoms with van der Waals surface area (Å²) in [5.41, 5.74) is 0.800. The molecule has 0 spiro atoms. The maximum Gasteiger partial charge on any atom is 0.349 e. The third-order valence-corrected chi connectivity index (χ3v) is 4.87. The number of halogens is 2. The maximum atomic E-state index is 12.0. The van der Waals surface area contributed by atoms with E-state index in [0.29, 0.717) is 21.7 Å². The van der Waals surface area contributed by atoms with Crippen LogP contribution in [0, 0.1) is 0 Å². The van der Waals surface area contributed by atoms with Gasteiger partial charge in [-0.3, -0.25) is 9.78 Å². The molecule has 1 atom stereocenters. The van der Waals surface area contributed by atoms with Crippen LogP contribution in [0.1, 0.15) is 17.2 Å². The van der Waals surface area contributed by atoms with Crippen LogP contribution in [-0.4, -0.2) is 24.7 Å². The molecule has 2 aromatic heterocycles. The van der Waals surface area contributed by atoms with Crippen molar-refractivity contribution in [2.75, 3.05) is 5.32 Å². The average molecular weight is 441 g/mol. The monoisotopic (exact) mass is 440 g/mol. The Kier molecular flexibility index (Phi) is 5.60. The smallest absolute Gasteiger partial charge is 0.343 e. The summed E-state index contributed by atoms with van der Waals surface area (Å²) >= 11 is 12.6. The summed E-state index contributed by atoms with van der Waals surface area (Å²) in [5, 5.41) is 8.11. The van der Waals surface area contributed by atoms with Crippen molar-refractivity contribution in [3.05, 3.63) is 109 Å². The van der Waals surface area contributed by atoms with Gasteiger partial charge in [-0.25, -0.2) is 14.8 Å². The Bertz CT molecular complexity index is 1290. The number of nitrogens with one attached hydrogen (secondary N) is 2. The van der Waals surface area contributed by atoms with Gasteiger partial charge in [-0.15, -0.1) is 0 Å². The number of nitrogens with zero attached hydrogens (tertiary/aromatic N) is 4. The third kappa shape index (κ3) is 4.24. The molecule has 0 aliphatic heterocycles. The van der Waals surface area contributed by atoms with Gasteiger partial charge in [0.05, 0.1) is 11.7 Å². The number of rotatable bonds is 5. The van der Waals surface area contributed by atoms with Crippen LogP contribution in [0.15, 0.2) is 76.7 Å². The molecule has 0 saturated heterocycles. The van der Waals surface area contributed by atoms with Crippen molar-refractivity contribution in [2.45, 2.75) is 6.04 Å². The molecule has 10 heteroatoms. The van der Waals surface area contributed by atoms with E-state index >= 15 is 0 Å². The highest BCUT2D eigenvalue weighted by Crippen LogP contribution is 2.32. The summed E-state index contributed by atoms with van der Waals surface area (Å²) in [6.45, 7) is 0. The minimum atomic E-state index is -0.656. The molecule has 0 saturated carbocycles. The van der Waals surface area contributed by atoms with Crippen LogP contribution in [0.2, 0.25) is 10.0 Å². The van der Waals surface area contributed by atoms with Gasteiger partial charge in [0.1, 0.15) is 6.20 Å². The number of aromatic amines is 1. The van der Waals surface area contributed by atoms with E-state index in [4.69, 9.17) is 23.2 Å². The number of hydrogen-bond donors (Lipinski definition) is 2. The molecule has 2 N–H and O–H groups in total. The van der Waals surface area contributed by atoms with E-state index in [1.54, 1.807) is 48.8 Å². The lowest BCUT2D eigenvalue weighted by atomic mass is 9.98. The summed E-state index contributed by atoms with van der Waals surface area (Å²) in [7, 11) is 0. The van der Waals surface area contributed by atoms with E-state index in [1.165, 1.54) is 0 Å². The van der Waals surface area contributed by atoms with Crippen molar-refractivity contribution >= 4 is 29.2 Å². The third-order valence-electron chi connectivity index (χ3n) is 4.30. The quantitative estimate of drug-likeness (QED) is 0.493. The lowest BCUT2D eigenvalue weighted by Gasteiger charge is -2.21. The number of anilines is 1. The van der Waals surface area contributed by atoms with Gasteiger partial charge in [-0.1, -0.05) is 41.4 Å². The van der Waals surface area contributed by atoms with Crippen LogP contribution in [0.25, 0.3) is 5.69 Å². The molecule has 0 fully saturated rings. The first-order valence-electron chi connectivity index (χ1n) is 8.79. The SMILES string of the molecule is O=c1cnn(-c2ccc(C(Nc3ncccn3)c3ccc(Cl)cc3)c(Cl)c2)c(=O)[nH]1. The fraction of sp³-hybridized carbons (Fsp3) is 0.0500. The highest BCUT2D eigenvalue weighted by atomic mass is 35.5. The zero-order valence-corrected chi connectivity index (χ0v) is 16.8. The summed E-state index contributed by atoms with van der Waals surface area (Å²) < 4.78 is 1.06. The Hall–Kier alpha value is -3.49. The Balaban J connectivity index is 1.77. The molecule has 150 valence electrons. The topological polar surface area (TPSA) is 106 Å². The van der Waals surface area contributed by atoms with Crippen molar-refractivity contribution < 1.29 is 0 Å². The zero-order chi connectivity index (χ0) is 21.1. The molecular weight excluding hydrogens is 427 g/mol. The predicted molar refractivity (Wildman–Crippen MR) is 114 cm³/mol. The second-order valence-electron chi connectivity index (χ2n) is 6.26. The minimum absolute atomic E-state index is 0.383. The van der Waals surface area contributed by atoms with Gasteiger partial charge in [0.25, 0.3) is 5.56 Å². The molecule has 4 rings (SSSR count). The van der Waals surface area contributed by atoms with Crippen LogP contribution < -0.4 is 16.6 Å². The number of hydrogen-bond acceptors (Lipinski definition) is 6. The summed E-state index contributed by atoms with van der Waals surface area (Å²) in [6, 6.07) is 13.7. The molecule has 4 aromatic rings. The normalized spacial score (nSPS) is 11.8. The molecule has 0 aliphatic rings. The van der Waals surface area contributed by atoms with Gasteiger partial charge in [0, 0.05) is 22.4 Å². The van der Waals surface area contributed by atoms with Crippen LogP contribution in [0.3, 0.4) is 0 Å². The summed E-state index contributed by atoms with van der Waals surface area (Å²) in [4.78, 5) is 33.9. The molecule has 30 heavy (non-hydrogen) atoms. The Morgan fingerprint density at radius 2 is 1.73 bits per heavy atom. The van der Waals surface area contributed by atoms with Gasteiger partial charge in [-0.05, 0) is 41.5 Å². The molecule has 0 radical (unpaired) electrons. The minimum Gasteiger partial charge on any atom is -0.343 e. The molecular formula is C20H14Cl2N6O2. The lowest BCUT2D eigenvalue weighted by molar-refractivity contribution is 0.749. The van der Waals surface area contributed by atoms with Crippen molar-refractivity contribution in [1.82, 2.24) is 24.7 Å². The number of H-pyrrole nitrogens is 1. The molecule has 2 aromatic carbocycles. The van der Waals surface area contributed by atoms with E-state index in [1.807, 2.05) is 12.1 Å². The Labute approximate surface area is 180 Å². The van der Waals surface area contributed by atoms with Gasteiger partial charge in [-0.2, -0.15) is 9.78 Å². The second-order valence-corrected chi connectivity index (χ2v) is 7.10. The van der Waals surface area contributed by atoms with Gasteiger partial charge < -0.3 is 5.32 Å². The zero-order valence-electron chi connectivity index (χ0n) is 15.3. The van der Waals surface area contributed by atoms with Crippen LogP contribution in [0.5, 0.6) is 0 Å². The summed E-state index contributed by atoms with van der Waals surface area (Å²) in [6.07, 6.45) is 4.29. The highest BCUT2D eigenvalue weighted by Gasteiger charge is 2.19. The number of benzene rings is 2. The fourth-order valence-electron chi connectivity index (χ4n) is 2.92. The fourth-order valence-corrected chi connectivity index (χ4v) is 3.33. The Morgan fingerprint density at radius 1 is 1.00 bits per heavy atom. The first-order valence-corrected chi connectivity index (χ1v) is 9.54. The van der Waals surface area contributed by atoms with E-state index < -0.39 is 11.2 Å². The molecule has 0 amide bonds. The van der Waals surface area contributed by atoms with Crippen molar-refractivity contribution in [3.63, 3.8) is 0 Å². The van der Waals surface area contributed by atoms with Gasteiger partial charge >= 0.3 is 5.69 Å². The lowest BCUT2D eigenvalue weighted by Crippen LogP contribution is -2.30. The van der Waals surface area contributed by atoms with Crippen LogP contribution in [-0.2, 0) is 0 Å². The van der Waals surface area contributed by atoms with Crippen LogP contribution in [0.4, 0.5) is 5.95 Å².